The molecule has 0 unspecified atom stereocenters. The Balaban J connectivity index is 2.49. The lowest BCUT2D eigenvalue weighted by Crippen LogP contribution is -2.40. The van der Waals surface area contributed by atoms with Crippen LogP contribution in [0.4, 0.5) is 4.79 Å². The lowest BCUT2D eigenvalue weighted by atomic mass is 10.1. The molecule has 152 valence electrons. The molecule has 0 saturated carbocycles. The fourth-order valence-corrected chi connectivity index (χ4v) is 3.41. The van der Waals surface area contributed by atoms with Crippen molar-refractivity contribution in [2.45, 2.75) is 63.5 Å². The van der Waals surface area contributed by atoms with Gasteiger partial charge in [0.25, 0.3) is 0 Å². The van der Waals surface area contributed by atoms with Crippen molar-refractivity contribution in [3.05, 3.63) is 29.8 Å². The van der Waals surface area contributed by atoms with E-state index >= 15 is 0 Å². The monoisotopic (exact) mass is 400 g/mol. The summed E-state index contributed by atoms with van der Waals surface area (Å²) in [5.41, 5.74) is 0.313. The van der Waals surface area contributed by atoms with Gasteiger partial charge in [-0.1, -0.05) is 17.7 Å². The highest BCUT2D eigenvalue weighted by molar-refractivity contribution is 7.89. The first kappa shape index (κ1) is 22.9. The standard InChI is InChI=1S/C18H28N2O6S/c1-13-8-10-14(11-9-13)27(24,25)20-15(16(21)22)7-5-6-12-19-17(23)26-18(2,3)4/h8-11,15,20H,5-7,12H2,1-4H3,(H,19,23)(H,21,22)/t15-/m1/s1. The Morgan fingerprint density at radius 2 is 1.74 bits per heavy atom. The van der Waals surface area contributed by atoms with Gasteiger partial charge in [0, 0.05) is 6.54 Å². The molecule has 3 N–H and O–H groups in total. The summed E-state index contributed by atoms with van der Waals surface area (Å²) in [5, 5.41) is 11.9. The second-order valence-electron chi connectivity index (χ2n) is 7.25. The van der Waals surface area contributed by atoms with Gasteiger partial charge in [-0.05, 0) is 59.1 Å². The number of ether oxygens (including phenoxy) is 1. The molecule has 0 fully saturated rings. The molecule has 1 amide bonds. The maximum absolute atomic E-state index is 12.3. The van der Waals surface area contributed by atoms with Crippen molar-refractivity contribution in [2.24, 2.45) is 0 Å². The van der Waals surface area contributed by atoms with Crippen LogP contribution in [0.3, 0.4) is 0 Å². The van der Waals surface area contributed by atoms with Gasteiger partial charge < -0.3 is 15.2 Å². The fraction of sp³-hybridized carbons (Fsp3) is 0.556. The number of carbonyl (C=O) groups is 2. The number of hydrogen-bond acceptors (Lipinski definition) is 5. The smallest absolute Gasteiger partial charge is 0.407 e. The predicted molar refractivity (Wildman–Crippen MR) is 101 cm³/mol. The molecule has 1 rings (SSSR count). The zero-order chi connectivity index (χ0) is 20.7. The summed E-state index contributed by atoms with van der Waals surface area (Å²) in [4.78, 5) is 22.9. The van der Waals surface area contributed by atoms with Crippen molar-refractivity contribution < 1.29 is 27.9 Å². The molecule has 0 aromatic heterocycles. The molecule has 1 atom stereocenters. The molecule has 0 radical (unpaired) electrons. The lowest BCUT2D eigenvalue weighted by molar-refractivity contribution is -0.139. The van der Waals surface area contributed by atoms with Crippen LogP contribution in [-0.2, 0) is 19.6 Å². The first-order chi connectivity index (χ1) is 12.4. The molecule has 1 aromatic rings. The quantitative estimate of drug-likeness (QED) is 0.547. The Bertz CT molecular complexity index is 738. The number of aliphatic carboxylic acids is 1. The zero-order valence-corrected chi connectivity index (χ0v) is 16.9. The minimum atomic E-state index is -3.92. The summed E-state index contributed by atoms with van der Waals surface area (Å²) < 4.78 is 32.0. The largest absolute Gasteiger partial charge is 0.480 e. The summed E-state index contributed by atoms with van der Waals surface area (Å²) in [5.74, 6) is -1.24. The van der Waals surface area contributed by atoms with Crippen LogP contribution in [0.15, 0.2) is 29.2 Å². The Morgan fingerprint density at radius 1 is 1.15 bits per heavy atom. The van der Waals surface area contributed by atoms with Crippen LogP contribution >= 0.6 is 0 Å². The van der Waals surface area contributed by atoms with Gasteiger partial charge in [-0.15, -0.1) is 0 Å². The van der Waals surface area contributed by atoms with Crippen molar-refractivity contribution in [3.8, 4) is 0 Å². The normalized spacial score (nSPS) is 13.0. The third-order valence-electron chi connectivity index (χ3n) is 3.51. The van der Waals surface area contributed by atoms with Crippen molar-refractivity contribution in [1.82, 2.24) is 10.0 Å². The first-order valence-corrected chi connectivity index (χ1v) is 10.2. The second kappa shape index (κ2) is 9.70. The number of benzene rings is 1. The third-order valence-corrected chi connectivity index (χ3v) is 5.00. The third kappa shape index (κ3) is 8.87. The van der Waals surface area contributed by atoms with E-state index in [9.17, 15) is 23.1 Å². The molecule has 0 aliphatic carbocycles. The molecular weight excluding hydrogens is 372 g/mol. The van der Waals surface area contributed by atoms with Gasteiger partial charge in [-0.3, -0.25) is 4.79 Å². The molecule has 0 spiro atoms. The van der Waals surface area contributed by atoms with E-state index in [0.29, 0.717) is 19.4 Å². The number of nitrogens with one attached hydrogen (secondary N) is 2. The SMILES string of the molecule is Cc1ccc(S(=O)(=O)N[C@H](CCCCNC(=O)OC(C)(C)C)C(=O)O)cc1. The molecule has 0 saturated heterocycles. The van der Waals surface area contributed by atoms with Gasteiger partial charge in [0.2, 0.25) is 10.0 Å². The highest BCUT2D eigenvalue weighted by atomic mass is 32.2. The molecule has 27 heavy (non-hydrogen) atoms. The molecule has 1 aromatic carbocycles. The average Bonchev–Trinajstić information content (AvgIpc) is 2.51. The second-order valence-corrected chi connectivity index (χ2v) is 8.96. The Hall–Kier alpha value is -2.13. The maximum Gasteiger partial charge on any atom is 0.407 e. The summed E-state index contributed by atoms with van der Waals surface area (Å²) in [7, 11) is -3.92. The molecule has 0 aliphatic heterocycles. The first-order valence-electron chi connectivity index (χ1n) is 8.69. The lowest BCUT2D eigenvalue weighted by Gasteiger charge is -2.19. The Kier molecular flexibility index (Phi) is 8.23. The van der Waals surface area contributed by atoms with Gasteiger partial charge in [0.1, 0.15) is 11.6 Å². The van der Waals surface area contributed by atoms with Crippen molar-refractivity contribution in [3.63, 3.8) is 0 Å². The van der Waals surface area contributed by atoms with E-state index in [-0.39, 0.29) is 11.3 Å². The van der Waals surface area contributed by atoms with Gasteiger partial charge in [-0.25, -0.2) is 13.2 Å². The van der Waals surface area contributed by atoms with Gasteiger partial charge in [-0.2, -0.15) is 4.72 Å². The van der Waals surface area contributed by atoms with Crippen LogP contribution in [0.2, 0.25) is 0 Å². The van der Waals surface area contributed by atoms with Gasteiger partial charge in [0.05, 0.1) is 4.90 Å². The van der Waals surface area contributed by atoms with Crippen LogP contribution in [0.25, 0.3) is 0 Å². The van der Waals surface area contributed by atoms with E-state index in [2.05, 4.69) is 10.0 Å². The number of rotatable bonds is 9. The van der Waals surface area contributed by atoms with Crippen molar-refractivity contribution in [1.29, 1.82) is 0 Å². The number of unbranched alkanes of at least 4 members (excludes halogenated alkanes) is 1. The van der Waals surface area contributed by atoms with Crippen LogP contribution in [0.5, 0.6) is 0 Å². The van der Waals surface area contributed by atoms with Crippen LogP contribution in [0, 0.1) is 6.92 Å². The number of hydrogen-bond donors (Lipinski definition) is 3. The molecular formula is C18H28N2O6S. The molecule has 0 aliphatic rings. The van der Waals surface area contributed by atoms with E-state index in [1.54, 1.807) is 32.9 Å². The van der Waals surface area contributed by atoms with E-state index in [4.69, 9.17) is 4.74 Å². The Morgan fingerprint density at radius 3 is 2.26 bits per heavy atom. The van der Waals surface area contributed by atoms with Crippen LogP contribution < -0.4 is 10.0 Å². The number of carboxylic acid groups (broad SMARTS) is 1. The number of carbonyl (C=O) groups excluding carboxylic acids is 1. The van der Waals surface area contributed by atoms with Crippen molar-refractivity contribution in [2.75, 3.05) is 6.54 Å². The van der Waals surface area contributed by atoms with E-state index in [0.717, 1.165) is 5.56 Å². The predicted octanol–water partition coefficient (Wildman–Crippen LogP) is 2.42. The minimum absolute atomic E-state index is 0.0194. The highest BCUT2D eigenvalue weighted by Crippen LogP contribution is 2.12. The number of carboxylic acids is 1. The topological polar surface area (TPSA) is 122 Å². The number of aryl methyl sites for hydroxylation is 1. The fourth-order valence-electron chi connectivity index (χ4n) is 2.18. The summed E-state index contributed by atoms with van der Waals surface area (Å²) in [6, 6.07) is 4.92. The van der Waals surface area contributed by atoms with Crippen molar-refractivity contribution >= 4 is 22.1 Å². The molecule has 0 bridgehead atoms. The minimum Gasteiger partial charge on any atom is -0.480 e. The van der Waals surface area contributed by atoms with E-state index < -0.39 is 33.7 Å². The highest BCUT2D eigenvalue weighted by Gasteiger charge is 2.25. The van der Waals surface area contributed by atoms with E-state index in [1.165, 1.54) is 12.1 Å². The number of alkyl carbamates (subject to hydrolysis) is 1. The molecule has 0 heterocycles. The molecule has 9 heteroatoms. The summed E-state index contributed by atoms with van der Waals surface area (Å²) in [6.07, 6.45) is 0.479. The zero-order valence-electron chi connectivity index (χ0n) is 16.1. The summed E-state index contributed by atoms with van der Waals surface area (Å²) in [6.45, 7) is 7.40. The summed E-state index contributed by atoms with van der Waals surface area (Å²) >= 11 is 0. The van der Waals surface area contributed by atoms with Gasteiger partial charge in [0.15, 0.2) is 0 Å². The molecule has 8 nitrogen and oxygen atoms in total. The van der Waals surface area contributed by atoms with Crippen LogP contribution in [-0.4, -0.2) is 43.8 Å². The number of sulfonamides is 1. The van der Waals surface area contributed by atoms with Crippen LogP contribution in [0.1, 0.15) is 45.6 Å². The Labute approximate surface area is 160 Å². The number of amides is 1. The van der Waals surface area contributed by atoms with Gasteiger partial charge >= 0.3 is 12.1 Å². The maximum atomic E-state index is 12.3. The average molecular weight is 400 g/mol. The van der Waals surface area contributed by atoms with E-state index in [1.807, 2.05) is 6.92 Å².